The third-order valence-electron chi connectivity index (χ3n) is 0.922. The Kier molecular flexibility index (Phi) is 1.14. The minimum absolute atomic E-state index is 0.537. The molecule has 0 aliphatic rings. The molecule has 4 heteroatoms. The van der Waals surface area contributed by atoms with E-state index in [0.717, 1.165) is 0 Å². The first-order chi connectivity index (χ1) is 5.41. The van der Waals surface area contributed by atoms with Gasteiger partial charge >= 0.3 is 0 Å². The van der Waals surface area contributed by atoms with Crippen LogP contribution in [-0.2, 0) is 6.56 Å². The Hall–Kier alpha value is -1.29. The number of hydrogen-bond acceptors (Lipinski definition) is 4. The highest BCUT2D eigenvalue weighted by molar-refractivity contribution is 5.14. The maximum Gasteiger partial charge on any atom is 0.226 e. The Morgan fingerprint density at radius 2 is 2.50 bits per heavy atom. The fourth-order valence-corrected chi connectivity index (χ4v) is 0.463. The average Bonchev–Trinajstić information content (AvgIpc) is 1.92. The number of aliphatic hydroxyl groups is 1. The molecule has 0 aromatic carbocycles. The maximum absolute atomic E-state index is 10.7. The molecule has 1 aromatic heterocycles. The van der Waals surface area contributed by atoms with Crippen LogP contribution in [0, 0.1) is 0 Å². The zero-order chi connectivity index (χ0) is 9.35. The molecule has 0 aliphatic heterocycles. The first kappa shape index (κ1) is 4.51. The van der Waals surface area contributed by atoms with Gasteiger partial charge in [0.2, 0.25) is 5.43 Å². The second kappa shape index (κ2) is 2.53. The van der Waals surface area contributed by atoms with E-state index in [1.807, 2.05) is 0 Å². The summed E-state index contributed by atoms with van der Waals surface area (Å²) in [6.45, 7) is -2.70. The van der Waals surface area contributed by atoms with Gasteiger partial charge in [-0.25, -0.2) is 0 Å². The molecule has 1 aromatic rings. The lowest BCUT2D eigenvalue weighted by Crippen LogP contribution is -1.99. The van der Waals surface area contributed by atoms with Crippen LogP contribution in [0.5, 0.6) is 5.75 Å². The first-order valence-electron chi connectivity index (χ1n) is 3.46. The van der Waals surface area contributed by atoms with Crippen molar-refractivity contribution in [2.24, 2.45) is 0 Å². The van der Waals surface area contributed by atoms with Gasteiger partial charge in [0.25, 0.3) is 0 Å². The molecule has 0 saturated heterocycles. The molecule has 10 heavy (non-hydrogen) atoms. The van der Waals surface area contributed by atoms with E-state index in [9.17, 15) is 4.79 Å². The quantitative estimate of drug-likeness (QED) is 0.574. The largest absolute Gasteiger partial charge is 0.502 e. The molecule has 1 heterocycles. The lowest BCUT2D eigenvalue weighted by Gasteiger charge is -1.92. The van der Waals surface area contributed by atoms with Gasteiger partial charge in [0, 0.05) is 6.07 Å². The Morgan fingerprint density at radius 3 is 3.00 bits per heavy atom. The molecule has 0 fully saturated rings. The van der Waals surface area contributed by atoms with Crippen molar-refractivity contribution < 1.29 is 17.4 Å². The molecule has 4 nitrogen and oxygen atoms in total. The van der Waals surface area contributed by atoms with Gasteiger partial charge in [-0.3, -0.25) is 4.79 Å². The van der Waals surface area contributed by atoms with Gasteiger partial charge < -0.3 is 14.6 Å². The summed E-state index contributed by atoms with van der Waals surface area (Å²) in [7, 11) is 0. The van der Waals surface area contributed by atoms with Crippen molar-refractivity contribution in [2.75, 3.05) is 0 Å². The summed E-state index contributed by atoms with van der Waals surface area (Å²) in [5.74, 6) is -1.16. The standard InChI is InChI=1S/C6H6O4/c7-2-4-1-5(8)6(9)3-10-4/h1,3,7,9H,2H2/i2D2. The zero-order valence-electron chi connectivity index (χ0n) is 6.87. The van der Waals surface area contributed by atoms with Crippen molar-refractivity contribution in [1.29, 1.82) is 0 Å². The van der Waals surface area contributed by atoms with Crippen LogP contribution in [0.1, 0.15) is 8.50 Å². The van der Waals surface area contributed by atoms with Gasteiger partial charge in [-0.05, 0) is 0 Å². The fourth-order valence-electron chi connectivity index (χ4n) is 0.463. The van der Waals surface area contributed by atoms with Crippen LogP contribution < -0.4 is 5.43 Å². The van der Waals surface area contributed by atoms with Crippen molar-refractivity contribution in [3.63, 3.8) is 0 Å². The minimum Gasteiger partial charge on any atom is -0.502 e. The molecule has 0 saturated carbocycles. The predicted molar refractivity (Wildman–Crippen MR) is 32.6 cm³/mol. The van der Waals surface area contributed by atoms with Gasteiger partial charge in [-0.2, -0.15) is 0 Å². The van der Waals surface area contributed by atoms with Crippen LogP contribution in [-0.4, -0.2) is 10.2 Å². The highest BCUT2D eigenvalue weighted by Crippen LogP contribution is 2.01. The molecule has 0 atom stereocenters. The molecule has 1 rings (SSSR count). The molecule has 0 aliphatic carbocycles. The molecule has 2 N–H and O–H groups in total. The van der Waals surface area contributed by atoms with Crippen molar-refractivity contribution in [1.82, 2.24) is 0 Å². The molecule has 0 amide bonds. The third kappa shape index (κ3) is 1.16. The third-order valence-corrected chi connectivity index (χ3v) is 0.922. The summed E-state index contributed by atoms with van der Waals surface area (Å²) in [6.07, 6.45) is 0.672. The van der Waals surface area contributed by atoms with Gasteiger partial charge in [-0.15, -0.1) is 0 Å². The number of rotatable bonds is 1. The topological polar surface area (TPSA) is 70.7 Å². The molecule has 0 spiro atoms. The molecular weight excluding hydrogens is 136 g/mol. The second-order valence-corrected chi connectivity index (χ2v) is 1.61. The Bertz CT molecular complexity index is 338. The smallest absolute Gasteiger partial charge is 0.226 e. The van der Waals surface area contributed by atoms with Crippen LogP contribution in [0.25, 0.3) is 0 Å². The van der Waals surface area contributed by atoms with E-state index in [2.05, 4.69) is 4.42 Å². The molecule has 0 radical (unpaired) electrons. The van der Waals surface area contributed by atoms with Gasteiger partial charge in [0.05, 0.1) is 2.74 Å². The van der Waals surface area contributed by atoms with Crippen LogP contribution in [0.3, 0.4) is 0 Å². The average molecular weight is 144 g/mol. The van der Waals surface area contributed by atoms with Crippen LogP contribution in [0.4, 0.5) is 0 Å². The summed E-state index contributed by atoms with van der Waals surface area (Å²) in [4.78, 5) is 10.7. The first-order valence-corrected chi connectivity index (χ1v) is 2.46. The van der Waals surface area contributed by atoms with Gasteiger partial charge in [0.1, 0.15) is 18.6 Å². The van der Waals surface area contributed by atoms with Crippen molar-refractivity contribution >= 4 is 0 Å². The van der Waals surface area contributed by atoms with Gasteiger partial charge in [-0.1, -0.05) is 0 Å². The second-order valence-electron chi connectivity index (χ2n) is 1.61. The van der Waals surface area contributed by atoms with E-state index in [0.29, 0.717) is 12.3 Å². The van der Waals surface area contributed by atoms with E-state index in [1.165, 1.54) is 0 Å². The predicted octanol–water partition coefficient (Wildman–Crippen LogP) is -0.162. The number of hydrogen-bond donors (Lipinski definition) is 2. The zero-order valence-corrected chi connectivity index (χ0v) is 4.87. The van der Waals surface area contributed by atoms with E-state index in [1.54, 1.807) is 0 Å². The summed E-state index contributed by atoms with van der Waals surface area (Å²) in [5.41, 5.74) is -0.797. The lowest BCUT2D eigenvalue weighted by atomic mass is 10.4. The maximum atomic E-state index is 10.7. The molecule has 0 unspecified atom stereocenters. The lowest BCUT2D eigenvalue weighted by molar-refractivity contribution is 0.241. The summed E-state index contributed by atoms with van der Waals surface area (Å²) < 4.78 is 17.9. The van der Waals surface area contributed by atoms with Crippen molar-refractivity contribution in [3.05, 3.63) is 28.3 Å². The molecular formula is C6H6O4. The summed E-state index contributed by atoms with van der Waals surface area (Å²) in [6, 6.07) is 0.690. The SMILES string of the molecule is [2H]C([2H])(O)c1cc(=O)c(O)co1. The van der Waals surface area contributed by atoms with Crippen molar-refractivity contribution in [3.8, 4) is 5.75 Å². The summed E-state index contributed by atoms with van der Waals surface area (Å²) in [5, 5.41) is 17.4. The number of aromatic hydroxyl groups is 1. The van der Waals surface area contributed by atoms with E-state index >= 15 is 0 Å². The van der Waals surface area contributed by atoms with Gasteiger partial charge in [0.15, 0.2) is 5.75 Å². The Labute approximate surface area is 59.2 Å². The summed E-state index contributed by atoms with van der Waals surface area (Å²) >= 11 is 0. The Morgan fingerprint density at radius 1 is 1.80 bits per heavy atom. The highest BCUT2D eigenvalue weighted by atomic mass is 16.4. The normalized spacial score (nSPS) is 14.1. The molecule has 54 valence electrons. The fraction of sp³-hybridized carbons (Fsp3) is 0.167. The molecule has 0 bridgehead atoms. The highest BCUT2D eigenvalue weighted by Gasteiger charge is 1.98. The monoisotopic (exact) mass is 144 g/mol. The van der Waals surface area contributed by atoms with E-state index < -0.39 is 23.5 Å². The van der Waals surface area contributed by atoms with Crippen LogP contribution in [0.15, 0.2) is 21.5 Å². The van der Waals surface area contributed by atoms with E-state index in [4.69, 9.17) is 13.0 Å². The van der Waals surface area contributed by atoms with E-state index in [-0.39, 0.29) is 0 Å². The van der Waals surface area contributed by atoms with Crippen LogP contribution >= 0.6 is 0 Å². The Balaban J connectivity index is 3.23. The minimum atomic E-state index is -2.70. The van der Waals surface area contributed by atoms with Crippen molar-refractivity contribution in [2.45, 2.75) is 6.56 Å². The van der Waals surface area contributed by atoms with Crippen LogP contribution in [0.2, 0.25) is 0 Å².